The van der Waals surface area contributed by atoms with Crippen molar-refractivity contribution in [1.82, 2.24) is 0 Å². The monoisotopic (exact) mass is 229 g/mol. The van der Waals surface area contributed by atoms with Gasteiger partial charge in [0.1, 0.15) is 0 Å². The zero-order valence-corrected chi connectivity index (χ0v) is 11.5. The summed E-state index contributed by atoms with van der Waals surface area (Å²) in [5, 5.41) is 0. The van der Waals surface area contributed by atoms with Gasteiger partial charge >= 0.3 is 0 Å². The molecule has 0 aromatic rings. The normalized spacial score (nSPS) is 20.6. The van der Waals surface area contributed by atoms with Crippen molar-refractivity contribution in [2.24, 2.45) is 16.3 Å². The second-order valence-corrected chi connectivity index (χ2v) is 5.10. The predicted octanol–water partition coefficient (Wildman–Crippen LogP) is 4.70. The lowest BCUT2D eigenvalue weighted by Crippen LogP contribution is -2.22. The van der Waals surface area contributed by atoms with Crippen molar-refractivity contribution in [3.05, 3.63) is 48.7 Å². The van der Waals surface area contributed by atoms with Gasteiger partial charge in [0.05, 0.1) is 5.71 Å². The Kier molecular flexibility index (Phi) is 4.28. The molecule has 92 valence electrons. The molecule has 0 radical (unpaired) electrons. The van der Waals surface area contributed by atoms with Crippen LogP contribution in [0.4, 0.5) is 0 Å². The van der Waals surface area contributed by atoms with Crippen LogP contribution in [-0.4, -0.2) is 5.71 Å². The van der Waals surface area contributed by atoms with Gasteiger partial charge in [-0.15, -0.1) is 0 Å². The van der Waals surface area contributed by atoms with Crippen molar-refractivity contribution in [2.45, 2.75) is 34.1 Å². The first-order chi connectivity index (χ1) is 7.97. The molecule has 1 aliphatic heterocycles. The molecule has 1 atom stereocenters. The quantitative estimate of drug-likeness (QED) is 0.606. The minimum Gasteiger partial charge on any atom is -0.260 e. The van der Waals surface area contributed by atoms with E-state index < -0.39 is 0 Å². The maximum atomic E-state index is 4.50. The van der Waals surface area contributed by atoms with E-state index in [0.29, 0.717) is 5.92 Å². The van der Waals surface area contributed by atoms with Crippen molar-refractivity contribution in [1.29, 1.82) is 0 Å². The summed E-state index contributed by atoms with van der Waals surface area (Å²) in [6, 6.07) is 0. The smallest absolute Gasteiger partial charge is 0.0572 e. The fraction of sp³-hybridized carbons (Fsp3) is 0.438. The first kappa shape index (κ1) is 13.7. The molecule has 1 aliphatic rings. The number of hydrogen-bond donors (Lipinski definition) is 0. The van der Waals surface area contributed by atoms with Crippen LogP contribution in [0.3, 0.4) is 0 Å². The Morgan fingerprint density at radius 3 is 2.41 bits per heavy atom. The van der Waals surface area contributed by atoms with Crippen molar-refractivity contribution in [3.63, 3.8) is 0 Å². The second kappa shape index (κ2) is 5.31. The summed E-state index contributed by atoms with van der Waals surface area (Å²) in [7, 11) is 0. The highest BCUT2D eigenvalue weighted by Crippen LogP contribution is 2.33. The average molecular weight is 229 g/mol. The van der Waals surface area contributed by atoms with Gasteiger partial charge in [-0.05, 0) is 23.5 Å². The van der Waals surface area contributed by atoms with E-state index in [2.05, 4.69) is 51.9 Å². The Hall–Kier alpha value is -1.37. The van der Waals surface area contributed by atoms with Crippen molar-refractivity contribution in [2.75, 3.05) is 0 Å². The van der Waals surface area contributed by atoms with Gasteiger partial charge in [-0.2, -0.15) is 0 Å². The molecule has 0 aliphatic carbocycles. The molecule has 17 heavy (non-hydrogen) atoms. The Morgan fingerprint density at radius 2 is 2.06 bits per heavy atom. The third kappa shape index (κ3) is 2.66. The molecule has 0 bridgehead atoms. The standard InChI is InChI=1S/C16H23N/c1-7-12(4)13(8-2)14(9-3)15-16(5,6)10-11-17-15/h8-12H,2-3,7H2,1,4-6H3/b14-13-. The minimum atomic E-state index is -0.00869. The molecule has 0 spiro atoms. The Labute approximate surface area is 105 Å². The number of nitrogens with zero attached hydrogens (tertiary/aromatic N) is 1. The summed E-state index contributed by atoms with van der Waals surface area (Å²) >= 11 is 0. The molecule has 1 rings (SSSR count). The maximum absolute atomic E-state index is 4.50. The lowest BCUT2D eigenvalue weighted by atomic mass is 9.80. The van der Waals surface area contributed by atoms with Crippen molar-refractivity contribution < 1.29 is 0 Å². The molecule has 0 amide bonds. The van der Waals surface area contributed by atoms with E-state index >= 15 is 0 Å². The summed E-state index contributed by atoms with van der Waals surface area (Å²) < 4.78 is 0. The third-order valence-electron chi connectivity index (χ3n) is 3.44. The van der Waals surface area contributed by atoms with Gasteiger partial charge in [-0.25, -0.2) is 0 Å². The van der Waals surface area contributed by atoms with E-state index in [1.54, 1.807) is 0 Å². The summed E-state index contributed by atoms with van der Waals surface area (Å²) in [6.45, 7) is 16.6. The maximum Gasteiger partial charge on any atom is 0.0572 e. The molecular weight excluding hydrogens is 206 g/mol. The Morgan fingerprint density at radius 1 is 1.41 bits per heavy atom. The van der Waals surface area contributed by atoms with Gasteiger partial charge in [0.15, 0.2) is 0 Å². The molecule has 0 N–H and O–H groups in total. The van der Waals surface area contributed by atoms with E-state index in [9.17, 15) is 0 Å². The van der Waals surface area contributed by atoms with Crippen LogP contribution in [-0.2, 0) is 0 Å². The van der Waals surface area contributed by atoms with Crippen LogP contribution in [0.25, 0.3) is 0 Å². The first-order valence-electron chi connectivity index (χ1n) is 6.23. The average Bonchev–Trinajstić information content (AvgIpc) is 2.64. The lowest BCUT2D eigenvalue weighted by molar-refractivity contribution is 0.660. The highest BCUT2D eigenvalue weighted by molar-refractivity contribution is 6.09. The van der Waals surface area contributed by atoms with E-state index in [0.717, 1.165) is 17.7 Å². The van der Waals surface area contributed by atoms with Crippen LogP contribution in [0.1, 0.15) is 34.1 Å². The van der Waals surface area contributed by atoms with Crippen molar-refractivity contribution in [3.8, 4) is 0 Å². The van der Waals surface area contributed by atoms with Gasteiger partial charge in [-0.3, -0.25) is 4.99 Å². The lowest BCUT2D eigenvalue weighted by Gasteiger charge is -2.23. The number of rotatable bonds is 5. The predicted molar refractivity (Wildman–Crippen MR) is 77.2 cm³/mol. The fourth-order valence-corrected chi connectivity index (χ4v) is 2.11. The SMILES string of the molecule is C=C/C(C1=NC=CC1(C)C)=C(\C=C)C(C)CC. The second-order valence-electron chi connectivity index (χ2n) is 5.10. The van der Waals surface area contributed by atoms with Crippen LogP contribution in [0, 0.1) is 11.3 Å². The van der Waals surface area contributed by atoms with Gasteiger partial charge in [-0.1, -0.05) is 59.1 Å². The van der Waals surface area contributed by atoms with Crippen LogP contribution in [0.5, 0.6) is 0 Å². The highest BCUT2D eigenvalue weighted by Gasteiger charge is 2.28. The third-order valence-corrected chi connectivity index (χ3v) is 3.44. The summed E-state index contributed by atoms with van der Waals surface area (Å²) in [5.41, 5.74) is 3.48. The van der Waals surface area contributed by atoms with Crippen LogP contribution < -0.4 is 0 Å². The molecule has 0 saturated heterocycles. The molecular formula is C16H23N. The molecule has 0 fully saturated rings. The number of aliphatic imine (C=N–C) groups is 1. The van der Waals surface area contributed by atoms with Crippen LogP contribution >= 0.6 is 0 Å². The number of hydrogen-bond acceptors (Lipinski definition) is 1. The largest absolute Gasteiger partial charge is 0.260 e. The van der Waals surface area contributed by atoms with Gasteiger partial charge < -0.3 is 0 Å². The van der Waals surface area contributed by atoms with E-state index in [1.165, 1.54) is 5.57 Å². The zero-order chi connectivity index (χ0) is 13.1. The van der Waals surface area contributed by atoms with E-state index in [-0.39, 0.29) is 5.41 Å². The number of allylic oxidation sites excluding steroid dienone is 5. The highest BCUT2D eigenvalue weighted by atomic mass is 14.8. The van der Waals surface area contributed by atoms with Crippen LogP contribution in [0.15, 0.2) is 53.7 Å². The van der Waals surface area contributed by atoms with Gasteiger partial charge in [0.2, 0.25) is 0 Å². The molecule has 0 aromatic heterocycles. The zero-order valence-electron chi connectivity index (χ0n) is 11.5. The molecule has 0 aromatic carbocycles. The Bertz CT molecular complexity index is 405. The van der Waals surface area contributed by atoms with Gasteiger partial charge in [0, 0.05) is 11.6 Å². The van der Waals surface area contributed by atoms with E-state index in [4.69, 9.17) is 0 Å². The molecule has 0 saturated carbocycles. The van der Waals surface area contributed by atoms with Crippen molar-refractivity contribution >= 4 is 5.71 Å². The first-order valence-corrected chi connectivity index (χ1v) is 6.23. The minimum absolute atomic E-state index is 0.00869. The molecule has 1 unspecified atom stereocenters. The molecule has 1 heteroatoms. The summed E-state index contributed by atoms with van der Waals surface area (Å²) in [4.78, 5) is 4.50. The van der Waals surface area contributed by atoms with E-state index in [1.807, 2.05) is 18.4 Å². The fourth-order valence-electron chi connectivity index (χ4n) is 2.11. The summed E-state index contributed by atoms with van der Waals surface area (Å²) in [6.07, 6.45) is 8.97. The topological polar surface area (TPSA) is 12.4 Å². The molecule has 1 heterocycles. The van der Waals surface area contributed by atoms with Crippen LogP contribution in [0.2, 0.25) is 0 Å². The molecule has 1 nitrogen and oxygen atoms in total. The summed E-state index contributed by atoms with van der Waals surface area (Å²) in [5.74, 6) is 0.486. The Balaban J connectivity index is 3.28. The van der Waals surface area contributed by atoms with Gasteiger partial charge in [0.25, 0.3) is 0 Å².